The predicted molar refractivity (Wildman–Crippen MR) is 103 cm³/mol. The highest BCUT2D eigenvalue weighted by Crippen LogP contribution is 2.22. The maximum absolute atomic E-state index is 12.6. The molecule has 1 aliphatic rings. The van der Waals surface area contributed by atoms with Crippen LogP contribution in [0.25, 0.3) is 5.69 Å². The number of nitrogens with zero attached hydrogens (tertiary/aromatic N) is 3. The van der Waals surface area contributed by atoms with Gasteiger partial charge in [0.25, 0.3) is 0 Å². The number of amides is 1. The molecule has 3 N–H and O–H groups in total. The van der Waals surface area contributed by atoms with Crippen molar-refractivity contribution in [3.05, 3.63) is 71.8 Å². The van der Waals surface area contributed by atoms with Crippen LogP contribution in [-0.2, 0) is 4.79 Å². The third-order valence-corrected chi connectivity index (χ3v) is 4.70. The zero-order chi connectivity index (χ0) is 18.8. The molecule has 1 saturated heterocycles. The Hall–Kier alpha value is -3.03. The van der Waals surface area contributed by atoms with Crippen LogP contribution in [0.2, 0.25) is 0 Å². The molecule has 1 aliphatic heterocycles. The van der Waals surface area contributed by atoms with Crippen molar-refractivity contribution >= 4 is 11.6 Å². The number of carbonyl (C=O) groups excluding carboxylic acids is 1. The average molecular weight is 362 g/mol. The van der Waals surface area contributed by atoms with E-state index in [1.165, 1.54) is 0 Å². The zero-order valence-electron chi connectivity index (χ0n) is 15.3. The van der Waals surface area contributed by atoms with Crippen molar-refractivity contribution in [3.8, 4) is 5.69 Å². The fourth-order valence-electron chi connectivity index (χ4n) is 3.33. The second-order valence-corrected chi connectivity index (χ2v) is 6.79. The highest BCUT2D eigenvalue weighted by Gasteiger charge is 2.30. The molecular formula is C20H22N6O. The van der Waals surface area contributed by atoms with Crippen LogP contribution >= 0.6 is 0 Å². The first-order chi connectivity index (χ1) is 13.1. The minimum absolute atomic E-state index is 0.0623. The Morgan fingerprint density at radius 1 is 1.19 bits per heavy atom. The molecule has 0 spiro atoms. The molecule has 3 heterocycles. The molecule has 27 heavy (non-hydrogen) atoms. The topological polar surface area (TPSA) is 83.9 Å². The monoisotopic (exact) mass is 362 g/mol. The Morgan fingerprint density at radius 3 is 2.67 bits per heavy atom. The fraction of sp³-hybridized carbons (Fsp3) is 0.250. The average Bonchev–Trinajstić information content (AvgIpc) is 3.30. The van der Waals surface area contributed by atoms with E-state index >= 15 is 0 Å². The van der Waals surface area contributed by atoms with Crippen LogP contribution in [-0.4, -0.2) is 26.7 Å². The zero-order valence-corrected chi connectivity index (χ0v) is 15.3. The van der Waals surface area contributed by atoms with Crippen LogP contribution in [0.3, 0.4) is 0 Å². The molecule has 2 aromatic heterocycles. The molecule has 7 nitrogen and oxygen atoms in total. The Labute approximate surface area is 157 Å². The second kappa shape index (κ2) is 7.30. The first kappa shape index (κ1) is 17.4. The van der Waals surface area contributed by atoms with Gasteiger partial charge in [-0.2, -0.15) is 5.10 Å². The third kappa shape index (κ3) is 3.74. The van der Waals surface area contributed by atoms with Crippen LogP contribution in [0.5, 0.6) is 0 Å². The molecule has 0 bridgehead atoms. The Balaban J connectivity index is 1.39. The molecule has 1 amide bonds. The van der Waals surface area contributed by atoms with Crippen molar-refractivity contribution < 1.29 is 4.79 Å². The Kier molecular flexibility index (Phi) is 4.70. The van der Waals surface area contributed by atoms with Crippen LogP contribution < -0.4 is 16.2 Å². The summed E-state index contributed by atoms with van der Waals surface area (Å²) in [5.74, 6) is -0.0623. The predicted octanol–water partition coefficient (Wildman–Crippen LogP) is 2.43. The lowest BCUT2D eigenvalue weighted by Gasteiger charge is -2.11. The van der Waals surface area contributed by atoms with Crippen LogP contribution in [0.4, 0.5) is 5.69 Å². The van der Waals surface area contributed by atoms with Gasteiger partial charge in [-0.3, -0.25) is 9.78 Å². The number of aromatic nitrogens is 3. The van der Waals surface area contributed by atoms with Gasteiger partial charge in [0.2, 0.25) is 5.91 Å². The van der Waals surface area contributed by atoms with E-state index < -0.39 is 0 Å². The highest BCUT2D eigenvalue weighted by molar-refractivity contribution is 5.95. The maximum Gasteiger partial charge on any atom is 0.242 e. The van der Waals surface area contributed by atoms with E-state index in [1.54, 1.807) is 6.20 Å². The second-order valence-electron chi connectivity index (χ2n) is 6.79. The van der Waals surface area contributed by atoms with Crippen molar-refractivity contribution in [3.63, 3.8) is 0 Å². The molecule has 2 unspecified atom stereocenters. The number of anilines is 1. The molecule has 3 aromatic rings. The fourth-order valence-corrected chi connectivity index (χ4v) is 3.33. The van der Waals surface area contributed by atoms with Gasteiger partial charge in [0, 0.05) is 29.8 Å². The van der Waals surface area contributed by atoms with Crippen LogP contribution in [0, 0.1) is 13.8 Å². The summed E-state index contributed by atoms with van der Waals surface area (Å²) in [6.45, 7) is 3.99. The summed E-state index contributed by atoms with van der Waals surface area (Å²) in [7, 11) is 0. The van der Waals surface area contributed by atoms with E-state index in [0.717, 1.165) is 28.3 Å². The van der Waals surface area contributed by atoms with Crippen molar-refractivity contribution in [1.29, 1.82) is 0 Å². The van der Waals surface area contributed by atoms with Gasteiger partial charge in [-0.05, 0) is 62.2 Å². The summed E-state index contributed by atoms with van der Waals surface area (Å²) in [6, 6.07) is 13.4. The SMILES string of the molecule is Cc1cc(C)n(-c2ccc(NC(=O)C3CC(c4cccnc4)NN3)cc2)n1. The maximum atomic E-state index is 12.6. The number of hydrogen-bond donors (Lipinski definition) is 3. The molecule has 0 radical (unpaired) electrons. The minimum atomic E-state index is -0.300. The van der Waals surface area contributed by atoms with Gasteiger partial charge >= 0.3 is 0 Å². The highest BCUT2D eigenvalue weighted by atomic mass is 16.2. The van der Waals surface area contributed by atoms with Gasteiger partial charge in [-0.1, -0.05) is 6.07 Å². The van der Waals surface area contributed by atoms with Gasteiger partial charge in [0.15, 0.2) is 0 Å². The summed E-state index contributed by atoms with van der Waals surface area (Å²) in [5.41, 5.74) is 11.1. The number of benzene rings is 1. The lowest BCUT2D eigenvalue weighted by Crippen LogP contribution is -2.39. The Morgan fingerprint density at radius 2 is 2.00 bits per heavy atom. The van der Waals surface area contributed by atoms with Crippen molar-refractivity contribution in [2.45, 2.75) is 32.4 Å². The molecule has 0 aliphatic carbocycles. The van der Waals surface area contributed by atoms with E-state index in [4.69, 9.17) is 0 Å². The largest absolute Gasteiger partial charge is 0.325 e. The Bertz CT molecular complexity index is 935. The first-order valence-corrected chi connectivity index (χ1v) is 8.96. The van der Waals surface area contributed by atoms with Crippen molar-refractivity contribution in [1.82, 2.24) is 25.6 Å². The van der Waals surface area contributed by atoms with Gasteiger partial charge in [-0.25, -0.2) is 15.5 Å². The summed E-state index contributed by atoms with van der Waals surface area (Å²) >= 11 is 0. The van der Waals surface area contributed by atoms with Gasteiger partial charge in [0.1, 0.15) is 6.04 Å². The lowest BCUT2D eigenvalue weighted by atomic mass is 10.0. The number of hydrazine groups is 1. The van der Waals surface area contributed by atoms with E-state index in [1.807, 2.05) is 67.2 Å². The van der Waals surface area contributed by atoms with E-state index in [-0.39, 0.29) is 18.0 Å². The molecular weight excluding hydrogens is 340 g/mol. The number of aryl methyl sites for hydroxylation is 2. The number of nitrogens with one attached hydrogen (secondary N) is 3. The summed E-state index contributed by atoms with van der Waals surface area (Å²) in [5, 5.41) is 7.44. The molecule has 0 saturated carbocycles. The van der Waals surface area contributed by atoms with Gasteiger partial charge in [0.05, 0.1) is 11.4 Å². The summed E-state index contributed by atoms with van der Waals surface area (Å²) in [6.07, 6.45) is 4.23. The normalized spacial score (nSPS) is 19.2. The summed E-state index contributed by atoms with van der Waals surface area (Å²) in [4.78, 5) is 16.7. The molecule has 2 atom stereocenters. The molecule has 1 aromatic carbocycles. The summed E-state index contributed by atoms with van der Waals surface area (Å²) < 4.78 is 1.89. The van der Waals surface area contributed by atoms with Crippen molar-refractivity contribution in [2.75, 3.05) is 5.32 Å². The van der Waals surface area contributed by atoms with Crippen LogP contribution in [0.1, 0.15) is 29.4 Å². The van der Waals surface area contributed by atoms with Crippen molar-refractivity contribution in [2.24, 2.45) is 0 Å². The standard InChI is InChI=1S/C20H22N6O/c1-13-10-14(2)26(25-13)17-7-5-16(6-8-17)22-20(27)19-11-18(23-24-19)15-4-3-9-21-12-15/h3-10,12,18-19,23-24H,11H2,1-2H3,(H,22,27). The number of hydrogen-bond acceptors (Lipinski definition) is 5. The van der Waals surface area contributed by atoms with Gasteiger partial charge in [-0.15, -0.1) is 0 Å². The van der Waals surface area contributed by atoms with Crippen LogP contribution in [0.15, 0.2) is 54.9 Å². The minimum Gasteiger partial charge on any atom is -0.325 e. The first-order valence-electron chi connectivity index (χ1n) is 8.96. The molecule has 1 fully saturated rings. The van der Waals surface area contributed by atoms with Gasteiger partial charge < -0.3 is 5.32 Å². The molecule has 138 valence electrons. The molecule has 7 heteroatoms. The van der Waals surface area contributed by atoms with E-state index in [9.17, 15) is 4.79 Å². The number of rotatable bonds is 4. The number of carbonyl (C=O) groups is 1. The lowest BCUT2D eigenvalue weighted by molar-refractivity contribution is -0.117. The smallest absolute Gasteiger partial charge is 0.242 e. The quantitative estimate of drug-likeness (QED) is 0.664. The number of pyridine rings is 1. The third-order valence-electron chi connectivity index (χ3n) is 4.70. The van der Waals surface area contributed by atoms with E-state index in [0.29, 0.717) is 6.42 Å². The molecule has 4 rings (SSSR count). The van der Waals surface area contributed by atoms with E-state index in [2.05, 4.69) is 26.3 Å².